The van der Waals surface area contributed by atoms with Crippen molar-refractivity contribution in [1.29, 1.82) is 0 Å². The fourth-order valence-corrected chi connectivity index (χ4v) is 12.8. The molecule has 0 aromatic heterocycles. The summed E-state index contributed by atoms with van der Waals surface area (Å²) >= 11 is 27.6. The fraction of sp³-hybridized carbons (Fsp3) is 0.0385. The van der Waals surface area contributed by atoms with Crippen molar-refractivity contribution in [2.45, 2.75) is 6.92 Å². The van der Waals surface area contributed by atoms with Gasteiger partial charge in [0.2, 0.25) is 0 Å². The summed E-state index contributed by atoms with van der Waals surface area (Å²) in [7, 11) is 0. The summed E-state index contributed by atoms with van der Waals surface area (Å²) in [6.45, 7) is -3.14. The number of carbonyl (C=O) groups excluding carboxylic acids is 1. The van der Waals surface area contributed by atoms with Gasteiger partial charge in [-0.1, -0.05) is 0 Å². The number of hydrogen-bond acceptors (Lipinski definition) is 2. The molecule has 7 heteroatoms. The Morgan fingerprint density at radius 3 is 1.00 bits per heavy atom. The summed E-state index contributed by atoms with van der Waals surface area (Å²) in [5.74, 6) is -0.521. The summed E-state index contributed by atoms with van der Waals surface area (Å²) in [6.07, 6.45) is 0. The molecule has 0 spiro atoms. The quantitative estimate of drug-likeness (QED) is 0.259. The summed E-state index contributed by atoms with van der Waals surface area (Å²) in [5.41, 5.74) is 0. The van der Waals surface area contributed by atoms with E-state index in [1.165, 1.54) is 6.92 Å². The zero-order valence-electron chi connectivity index (χ0n) is 17.5. The fourth-order valence-electron chi connectivity index (χ4n) is 4.42. The minimum absolute atomic E-state index is 0.399. The Bertz CT molecular complexity index is 1160. The van der Waals surface area contributed by atoms with Crippen LogP contribution in [0.5, 0.6) is 0 Å². The number of halogens is 4. The summed E-state index contributed by atoms with van der Waals surface area (Å²) < 4.78 is 6.65. The molecule has 0 bridgehead atoms. The van der Waals surface area contributed by atoms with Gasteiger partial charge < -0.3 is 0 Å². The van der Waals surface area contributed by atoms with Crippen LogP contribution in [-0.4, -0.2) is 5.97 Å². The number of benzene rings is 4. The van der Waals surface area contributed by atoms with E-state index in [2.05, 4.69) is 0 Å². The van der Waals surface area contributed by atoms with E-state index in [9.17, 15) is 4.79 Å². The molecule has 4 aromatic carbocycles. The Labute approximate surface area is 213 Å². The van der Waals surface area contributed by atoms with Crippen molar-refractivity contribution in [3.63, 3.8) is 0 Å². The predicted octanol–water partition coefficient (Wildman–Crippen LogP) is 6.93. The van der Waals surface area contributed by atoms with E-state index in [1.54, 1.807) is 24.3 Å². The third-order valence-electron chi connectivity index (χ3n) is 5.56. The average molecular weight is 536 g/mol. The Morgan fingerprint density at radius 2 is 0.788 bits per heavy atom. The van der Waals surface area contributed by atoms with Crippen molar-refractivity contribution >= 4 is 80.4 Å². The molecular formula is C26H19Cl4O2P. The van der Waals surface area contributed by atoms with Crippen molar-refractivity contribution in [3.8, 4) is 0 Å². The normalized spacial score (nSPS) is 12.6. The van der Waals surface area contributed by atoms with E-state index in [1.807, 2.05) is 72.8 Å². The standard InChI is InChI=1S/C26H19Cl4O2P/c1-18(31)32-33(23-14-6-2-10-19(23)27,24-15-7-3-11-20(24)28,25-16-8-4-12-21(25)29)26-17-9-5-13-22(26)30/h2-17H,1H3. The number of rotatable bonds is 5. The van der Waals surface area contributed by atoms with Crippen LogP contribution < -0.4 is 21.2 Å². The van der Waals surface area contributed by atoms with Gasteiger partial charge in [0, 0.05) is 0 Å². The molecule has 0 saturated heterocycles. The molecule has 0 unspecified atom stereocenters. The monoisotopic (exact) mass is 534 g/mol. The van der Waals surface area contributed by atoms with Gasteiger partial charge in [-0.05, 0) is 0 Å². The molecule has 0 heterocycles. The van der Waals surface area contributed by atoms with Gasteiger partial charge in [-0.3, -0.25) is 0 Å². The van der Waals surface area contributed by atoms with Crippen molar-refractivity contribution < 1.29 is 9.32 Å². The van der Waals surface area contributed by atoms with Gasteiger partial charge in [0.1, 0.15) is 0 Å². The first-order valence-corrected chi connectivity index (χ1v) is 13.7. The first kappa shape index (κ1) is 24.1. The zero-order valence-corrected chi connectivity index (χ0v) is 21.4. The van der Waals surface area contributed by atoms with Crippen LogP contribution in [0, 0.1) is 0 Å². The zero-order chi connectivity index (χ0) is 23.7. The van der Waals surface area contributed by atoms with E-state index in [0.29, 0.717) is 41.3 Å². The van der Waals surface area contributed by atoms with Crippen LogP contribution in [0.15, 0.2) is 97.1 Å². The summed E-state index contributed by atoms with van der Waals surface area (Å²) in [5, 5.41) is 3.91. The maximum atomic E-state index is 13.0. The SMILES string of the molecule is CC(=O)OP(c1ccccc1Cl)(c1ccccc1Cl)(c1ccccc1Cl)c1ccccc1Cl. The molecule has 0 atom stereocenters. The van der Waals surface area contributed by atoms with Crippen molar-refractivity contribution in [1.82, 2.24) is 0 Å². The van der Waals surface area contributed by atoms with Gasteiger partial charge in [0.15, 0.2) is 0 Å². The first-order chi connectivity index (χ1) is 15.8. The van der Waals surface area contributed by atoms with Crippen molar-refractivity contribution in [2.75, 3.05) is 0 Å². The molecule has 0 N–H and O–H groups in total. The van der Waals surface area contributed by atoms with Gasteiger partial charge >= 0.3 is 214 Å². The van der Waals surface area contributed by atoms with E-state index < -0.39 is 12.8 Å². The van der Waals surface area contributed by atoms with E-state index in [0.717, 1.165) is 0 Å². The minimum atomic E-state index is -4.51. The van der Waals surface area contributed by atoms with Crippen LogP contribution in [0.4, 0.5) is 0 Å². The van der Waals surface area contributed by atoms with Crippen LogP contribution >= 0.6 is 53.2 Å². The maximum absolute atomic E-state index is 13.0. The summed E-state index contributed by atoms with van der Waals surface area (Å²) in [6, 6.07) is 29.1. The molecule has 4 aromatic rings. The molecule has 0 amide bonds. The second-order valence-electron chi connectivity index (χ2n) is 7.42. The third-order valence-corrected chi connectivity index (χ3v) is 13.3. The van der Waals surface area contributed by atoms with Gasteiger partial charge in [0.05, 0.1) is 0 Å². The summed E-state index contributed by atoms with van der Waals surface area (Å²) in [4.78, 5) is 13.0. The average Bonchev–Trinajstić information content (AvgIpc) is 2.79. The molecule has 0 aliphatic rings. The Hall–Kier alpha value is -2.06. The molecule has 4 rings (SSSR count). The molecular weight excluding hydrogens is 517 g/mol. The molecule has 33 heavy (non-hydrogen) atoms. The molecule has 0 saturated carbocycles. The van der Waals surface area contributed by atoms with Gasteiger partial charge in [-0.25, -0.2) is 0 Å². The van der Waals surface area contributed by atoms with E-state index in [-0.39, 0.29) is 0 Å². The Kier molecular flexibility index (Phi) is 6.78. The third kappa shape index (κ3) is 3.66. The van der Waals surface area contributed by atoms with Gasteiger partial charge in [-0.15, -0.1) is 0 Å². The van der Waals surface area contributed by atoms with Crippen LogP contribution in [0.1, 0.15) is 6.92 Å². The topological polar surface area (TPSA) is 26.3 Å². The van der Waals surface area contributed by atoms with Gasteiger partial charge in [-0.2, -0.15) is 0 Å². The second kappa shape index (κ2) is 9.29. The van der Waals surface area contributed by atoms with Crippen LogP contribution in [0.2, 0.25) is 20.1 Å². The van der Waals surface area contributed by atoms with Crippen molar-refractivity contribution in [3.05, 3.63) is 117 Å². The second-order valence-corrected chi connectivity index (χ2v) is 13.2. The van der Waals surface area contributed by atoms with Crippen LogP contribution in [0.25, 0.3) is 0 Å². The number of hydrogen-bond donors (Lipinski definition) is 0. The molecule has 168 valence electrons. The molecule has 0 radical (unpaired) electrons. The predicted molar refractivity (Wildman–Crippen MR) is 143 cm³/mol. The van der Waals surface area contributed by atoms with Crippen molar-refractivity contribution in [2.24, 2.45) is 0 Å². The van der Waals surface area contributed by atoms with Crippen LogP contribution in [0.3, 0.4) is 0 Å². The van der Waals surface area contributed by atoms with Gasteiger partial charge in [0.25, 0.3) is 0 Å². The molecule has 0 fully saturated rings. The number of carbonyl (C=O) groups is 1. The molecule has 0 aliphatic heterocycles. The van der Waals surface area contributed by atoms with E-state index in [4.69, 9.17) is 50.9 Å². The first-order valence-electron chi connectivity index (χ1n) is 10.1. The Balaban J connectivity index is 2.46. The Morgan fingerprint density at radius 1 is 0.545 bits per heavy atom. The van der Waals surface area contributed by atoms with Crippen LogP contribution in [-0.2, 0) is 9.32 Å². The molecule has 0 aliphatic carbocycles. The molecule has 2 nitrogen and oxygen atoms in total. The van der Waals surface area contributed by atoms with E-state index >= 15 is 0 Å².